The molecule has 0 aliphatic heterocycles. The number of anilines is 2. The van der Waals surface area contributed by atoms with Crippen molar-refractivity contribution in [1.82, 2.24) is 19.9 Å². The smallest absolute Gasteiger partial charge is 0.276 e. The van der Waals surface area contributed by atoms with E-state index < -0.39 is 5.91 Å². The first-order valence-corrected chi connectivity index (χ1v) is 8.62. The number of fused-ring (bicyclic) bond motifs is 1. The van der Waals surface area contributed by atoms with Gasteiger partial charge in [0.25, 0.3) is 11.7 Å². The number of halogens is 3. The summed E-state index contributed by atoms with van der Waals surface area (Å²) in [7, 11) is 1.93. The highest BCUT2D eigenvalue weighted by atomic mass is 127. The van der Waals surface area contributed by atoms with E-state index in [1.807, 2.05) is 36.7 Å². The van der Waals surface area contributed by atoms with E-state index in [1.54, 1.807) is 0 Å². The van der Waals surface area contributed by atoms with Crippen LogP contribution >= 0.6 is 23.2 Å². The number of aromatic nitrogens is 4. The van der Waals surface area contributed by atoms with Crippen molar-refractivity contribution in [1.29, 1.82) is 0 Å². The summed E-state index contributed by atoms with van der Waals surface area (Å²) in [4.78, 5) is 20.2. The molecule has 0 fully saturated rings. The van der Waals surface area contributed by atoms with Gasteiger partial charge in [-0.3, -0.25) is 4.79 Å². The molecule has 3 rings (SSSR count). The van der Waals surface area contributed by atoms with Crippen molar-refractivity contribution in [2.24, 2.45) is 7.05 Å². The molecule has 2 heterocycles. The Balaban J connectivity index is 0.00000261. The van der Waals surface area contributed by atoms with Gasteiger partial charge in [-0.15, -0.1) is 0 Å². The van der Waals surface area contributed by atoms with Gasteiger partial charge in [-0.2, -0.15) is 0 Å². The molecule has 0 aliphatic carbocycles. The van der Waals surface area contributed by atoms with E-state index in [-0.39, 0.29) is 53.0 Å². The first kappa shape index (κ1) is 21.5. The van der Waals surface area contributed by atoms with E-state index in [4.69, 9.17) is 34.7 Å². The molecule has 11 heteroatoms. The molecule has 0 saturated carbocycles. The predicted octanol–water partition coefficient (Wildman–Crippen LogP) is -1.32. The minimum Gasteiger partial charge on any atom is -1.00 e. The zero-order chi connectivity index (χ0) is 19.0. The standard InChI is InChI=1S/C16H17Cl2N7O.HI/c1-3-25-10-6-8(17)4-5-9(10)24(2)11(25)7-21-16(26)12-14(19)23-15(20)13(18)22-12;/h4-6H,3,7H2,1-2H3,(H4-,19,20,21,23,26);1H. The van der Waals surface area contributed by atoms with Crippen molar-refractivity contribution in [3.8, 4) is 0 Å². The number of rotatable bonds is 4. The molecule has 8 nitrogen and oxygen atoms in total. The second-order valence-electron chi connectivity index (χ2n) is 5.67. The SMILES string of the molecule is CCn1c(CNC(=O)c2nc(Cl)c(N)nc2N)[n+](C)c2ccc(Cl)cc21.[I-]. The second-order valence-corrected chi connectivity index (χ2v) is 6.46. The highest BCUT2D eigenvalue weighted by Crippen LogP contribution is 2.20. The number of hydrogen-bond donors (Lipinski definition) is 3. The number of carbonyl (C=O) groups is 1. The Morgan fingerprint density at radius 2 is 1.96 bits per heavy atom. The van der Waals surface area contributed by atoms with Crippen molar-refractivity contribution in [2.45, 2.75) is 20.0 Å². The highest BCUT2D eigenvalue weighted by Gasteiger charge is 2.23. The third kappa shape index (κ3) is 4.04. The Bertz CT molecular complexity index is 1020. The van der Waals surface area contributed by atoms with E-state index in [9.17, 15) is 4.79 Å². The zero-order valence-electron chi connectivity index (χ0n) is 14.6. The quantitative estimate of drug-likeness (QED) is 0.291. The van der Waals surface area contributed by atoms with E-state index in [0.717, 1.165) is 23.4 Å². The zero-order valence-corrected chi connectivity index (χ0v) is 18.3. The minimum absolute atomic E-state index is 0. The summed E-state index contributed by atoms with van der Waals surface area (Å²) in [5.41, 5.74) is 13.2. The van der Waals surface area contributed by atoms with Crippen molar-refractivity contribution in [3.05, 3.63) is 39.9 Å². The lowest BCUT2D eigenvalue weighted by Crippen LogP contribution is -3.00. The molecular formula is C16H18Cl2IN7O. The number of nitrogens with two attached hydrogens (primary N) is 2. The van der Waals surface area contributed by atoms with Crippen molar-refractivity contribution < 1.29 is 33.3 Å². The van der Waals surface area contributed by atoms with Crippen LogP contribution in [0.5, 0.6) is 0 Å². The molecule has 1 amide bonds. The number of hydrogen-bond acceptors (Lipinski definition) is 5. The van der Waals surface area contributed by atoms with E-state index in [2.05, 4.69) is 19.9 Å². The fourth-order valence-corrected chi connectivity index (χ4v) is 3.17. The highest BCUT2D eigenvalue weighted by molar-refractivity contribution is 6.32. The van der Waals surface area contributed by atoms with Crippen LogP contribution in [0.25, 0.3) is 11.0 Å². The Hall–Kier alpha value is -1.85. The first-order valence-electron chi connectivity index (χ1n) is 7.86. The molecule has 144 valence electrons. The molecule has 1 aromatic carbocycles. The molecule has 3 aromatic rings. The van der Waals surface area contributed by atoms with Crippen LogP contribution in [0.15, 0.2) is 18.2 Å². The van der Waals surface area contributed by atoms with Crippen LogP contribution in [0, 0.1) is 0 Å². The molecule has 27 heavy (non-hydrogen) atoms. The molecular weight excluding hydrogens is 504 g/mol. The fourth-order valence-electron chi connectivity index (χ4n) is 2.87. The summed E-state index contributed by atoms with van der Waals surface area (Å²) in [6, 6.07) is 5.67. The van der Waals surface area contributed by atoms with E-state index in [0.29, 0.717) is 5.02 Å². The number of nitrogens with zero attached hydrogens (tertiary/aromatic N) is 4. The maximum Gasteiger partial charge on any atom is 0.276 e. The Morgan fingerprint density at radius 1 is 1.26 bits per heavy atom. The molecule has 0 unspecified atom stereocenters. The molecule has 0 radical (unpaired) electrons. The molecule has 5 N–H and O–H groups in total. The topological polar surface area (TPSA) is 116 Å². The van der Waals surface area contributed by atoms with Gasteiger partial charge >= 0.3 is 0 Å². The third-order valence-corrected chi connectivity index (χ3v) is 4.64. The third-order valence-electron chi connectivity index (χ3n) is 4.13. The first-order chi connectivity index (χ1) is 12.3. The van der Waals surface area contributed by atoms with Gasteiger partial charge in [-0.25, -0.2) is 19.1 Å². The van der Waals surface area contributed by atoms with Crippen LogP contribution in [0.1, 0.15) is 23.2 Å². The molecule has 0 bridgehead atoms. The fraction of sp³-hybridized carbons (Fsp3) is 0.250. The van der Waals surface area contributed by atoms with Gasteiger partial charge in [0.1, 0.15) is 6.54 Å². The summed E-state index contributed by atoms with van der Waals surface area (Å²) in [6.45, 7) is 3.01. The van der Waals surface area contributed by atoms with Crippen LogP contribution in [0.4, 0.5) is 11.6 Å². The van der Waals surface area contributed by atoms with Crippen LogP contribution < -0.4 is 45.3 Å². The largest absolute Gasteiger partial charge is 1.00 e. The maximum absolute atomic E-state index is 12.4. The van der Waals surface area contributed by atoms with Crippen molar-refractivity contribution in [2.75, 3.05) is 11.5 Å². The van der Waals surface area contributed by atoms with Gasteiger partial charge in [0.15, 0.2) is 33.5 Å². The normalized spacial score (nSPS) is 10.7. The number of amides is 1. The maximum atomic E-state index is 12.4. The van der Waals surface area contributed by atoms with Crippen LogP contribution in [0.2, 0.25) is 10.2 Å². The van der Waals surface area contributed by atoms with E-state index in [1.165, 1.54) is 0 Å². The average molecular weight is 522 g/mol. The molecule has 0 aliphatic rings. The summed E-state index contributed by atoms with van der Waals surface area (Å²) in [5.74, 6) is 0.320. The average Bonchev–Trinajstić information content (AvgIpc) is 2.86. The summed E-state index contributed by atoms with van der Waals surface area (Å²) in [6.07, 6.45) is 0. The Labute approximate surface area is 182 Å². The lowest BCUT2D eigenvalue weighted by molar-refractivity contribution is -0.654. The molecule has 0 saturated heterocycles. The Kier molecular flexibility index (Phi) is 6.71. The number of benzene rings is 1. The number of nitrogens with one attached hydrogen (secondary N) is 1. The van der Waals surface area contributed by atoms with Gasteiger partial charge in [0.05, 0.1) is 13.6 Å². The lowest BCUT2D eigenvalue weighted by atomic mass is 10.3. The van der Waals surface area contributed by atoms with Gasteiger partial charge in [-0.1, -0.05) is 23.2 Å². The second kappa shape index (κ2) is 8.44. The summed E-state index contributed by atoms with van der Waals surface area (Å²) in [5, 5.41) is 3.39. The molecule has 0 spiro atoms. The minimum atomic E-state index is -0.483. The van der Waals surface area contributed by atoms with E-state index >= 15 is 0 Å². The monoisotopic (exact) mass is 521 g/mol. The number of aryl methyl sites for hydroxylation is 2. The number of carbonyl (C=O) groups excluding carboxylic acids is 1. The van der Waals surface area contributed by atoms with Crippen LogP contribution in [-0.2, 0) is 20.1 Å². The number of imidazole rings is 1. The van der Waals surface area contributed by atoms with Gasteiger partial charge < -0.3 is 40.8 Å². The number of nitrogen functional groups attached to an aromatic ring is 2. The lowest BCUT2D eigenvalue weighted by Gasteiger charge is -2.07. The van der Waals surface area contributed by atoms with Gasteiger partial charge in [0.2, 0.25) is 0 Å². The van der Waals surface area contributed by atoms with Crippen LogP contribution in [0.3, 0.4) is 0 Å². The van der Waals surface area contributed by atoms with Crippen LogP contribution in [-0.4, -0.2) is 20.4 Å². The van der Waals surface area contributed by atoms with Crippen molar-refractivity contribution >= 4 is 51.8 Å². The summed E-state index contributed by atoms with van der Waals surface area (Å²) >= 11 is 12.0. The molecule has 2 aromatic heterocycles. The van der Waals surface area contributed by atoms with Gasteiger partial charge in [-0.05, 0) is 19.1 Å². The Morgan fingerprint density at radius 3 is 2.63 bits per heavy atom. The van der Waals surface area contributed by atoms with Crippen molar-refractivity contribution in [3.63, 3.8) is 0 Å². The predicted molar refractivity (Wildman–Crippen MR) is 101 cm³/mol. The summed E-state index contributed by atoms with van der Waals surface area (Å²) < 4.78 is 4.08. The molecule has 0 atom stereocenters. The van der Waals surface area contributed by atoms with Gasteiger partial charge in [0, 0.05) is 11.1 Å².